The van der Waals surface area contributed by atoms with E-state index in [1.54, 1.807) is 6.92 Å². The smallest absolute Gasteiger partial charge is 0.238 e. The van der Waals surface area contributed by atoms with Crippen LogP contribution in [0.3, 0.4) is 0 Å². The topological polar surface area (TPSA) is 112 Å². The molecule has 9 heteroatoms. The van der Waals surface area contributed by atoms with Crippen LogP contribution >= 0.6 is 0 Å². The molecule has 1 atom stereocenters. The lowest BCUT2D eigenvalue weighted by Crippen LogP contribution is -2.47. The molecule has 2 aromatic heterocycles. The van der Waals surface area contributed by atoms with Crippen molar-refractivity contribution >= 4 is 11.6 Å². The highest BCUT2D eigenvalue weighted by atomic mass is 16.5. The zero-order valence-corrected chi connectivity index (χ0v) is 14.9. The Bertz CT molecular complexity index is 704. The Hall–Kier alpha value is -2.26. The first-order chi connectivity index (χ1) is 12.0. The summed E-state index contributed by atoms with van der Waals surface area (Å²) in [6.45, 7) is 8.38. The molecule has 1 fully saturated rings. The molecule has 9 nitrogen and oxygen atoms in total. The largest absolute Gasteiger partial charge is 0.340 e. The molecule has 1 amide bonds. The van der Waals surface area contributed by atoms with Gasteiger partial charge in [-0.15, -0.1) is 0 Å². The van der Waals surface area contributed by atoms with E-state index in [4.69, 9.17) is 4.52 Å². The van der Waals surface area contributed by atoms with Gasteiger partial charge in [-0.2, -0.15) is 10.1 Å². The van der Waals surface area contributed by atoms with E-state index in [1.165, 1.54) is 0 Å². The van der Waals surface area contributed by atoms with Crippen LogP contribution in [0.2, 0.25) is 0 Å². The number of likely N-dealkylation sites (tertiary alicyclic amines) is 1. The maximum absolute atomic E-state index is 12.2. The molecule has 3 rings (SSSR count). The Labute approximate surface area is 146 Å². The minimum absolute atomic E-state index is 0.0569. The van der Waals surface area contributed by atoms with Crippen molar-refractivity contribution in [1.29, 1.82) is 0 Å². The minimum atomic E-state index is -0.0569. The predicted octanol–water partition coefficient (Wildman–Crippen LogP) is 0.911. The number of amides is 1. The van der Waals surface area contributed by atoms with Gasteiger partial charge in [0, 0.05) is 19.5 Å². The molecule has 0 aromatic carbocycles. The summed E-state index contributed by atoms with van der Waals surface area (Å²) in [5.74, 6) is 1.24. The van der Waals surface area contributed by atoms with Crippen LogP contribution in [0.4, 0.5) is 5.69 Å². The minimum Gasteiger partial charge on any atom is -0.340 e. The Kier molecular flexibility index (Phi) is 5.44. The van der Waals surface area contributed by atoms with Gasteiger partial charge in [-0.05, 0) is 33.2 Å². The van der Waals surface area contributed by atoms with Crippen molar-refractivity contribution < 1.29 is 9.32 Å². The van der Waals surface area contributed by atoms with Crippen molar-refractivity contribution in [2.45, 2.75) is 46.2 Å². The molecule has 0 radical (unpaired) electrons. The number of hydrogen-bond donors (Lipinski definition) is 3. The van der Waals surface area contributed by atoms with Gasteiger partial charge in [0.2, 0.25) is 11.8 Å². The fourth-order valence-corrected chi connectivity index (χ4v) is 3.13. The van der Waals surface area contributed by atoms with Gasteiger partial charge in [0.05, 0.1) is 30.2 Å². The summed E-state index contributed by atoms with van der Waals surface area (Å²) < 4.78 is 5.02. The molecule has 0 aliphatic carbocycles. The van der Waals surface area contributed by atoms with Crippen molar-refractivity contribution in [3.05, 3.63) is 23.1 Å². The van der Waals surface area contributed by atoms with E-state index in [-0.39, 0.29) is 18.5 Å². The third-order valence-electron chi connectivity index (χ3n) is 4.38. The van der Waals surface area contributed by atoms with E-state index in [9.17, 15) is 4.79 Å². The van der Waals surface area contributed by atoms with Crippen molar-refractivity contribution in [2.75, 3.05) is 25.0 Å². The molecule has 1 aliphatic heterocycles. The molecular formula is C16H25N7O2. The van der Waals surface area contributed by atoms with Gasteiger partial charge in [-0.1, -0.05) is 5.16 Å². The van der Waals surface area contributed by atoms with Crippen LogP contribution in [-0.4, -0.2) is 56.8 Å². The van der Waals surface area contributed by atoms with E-state index in [0.717, 1.165) is 43.0 Å². The first-order valence-electron chi connectivity index (χ1n) is 8.57. The number of hydrogen-bond acceptors (Lipinski definition) is 7. The highest BCUT2D eigenvalue weighted by molar-refractivity contribution is 5.93. The lowest BCUT2D eigenvalue weighted by Gasteiger charge is -2.32. The average molecular weight is 347 g/mol. The molecule has 3 heterocycles. The van der Waals surface area contributed by atoms with Crippen molar-refractivity contribution in [2.24, 2.45) is 0 Å². The molecule has 1 aliphatic rings. The van der Waals surface area contributed by atoms with Crippen LogP contribution in [0, 0.1) is 20.8 Å². The van der Waals surface area contributed by atoms with E-state index in [1.807, 2.05) is 13.8 Å². The highest BCUT2D eigenvalue weighted by Gasteiger charge is 2.22. The molecule has 136 valence electrons. The van der Waals surface area contributed by atoms with Crippen LogP contribution in [0.5, 0.6) is 0 Å². The molecule has 0 bridgehead atoms. The number of H-pyrrole nitrogens is 1. The van der Waals surface area contributed by atoms with Gasteiger partial charge in [0.25, 0.3) is 0 Å². The molecule has 1 unspecified atom stereocenters. The zero-order chi connectivity index (χ0) is 17.8. The fourth-order valence-electron chi connectivity index (χ4n) is 3.13. The quantitative estimate of drug-likeness (QED) is 0.712. The predicted molar refractivity (Wildman–Crippen MR) is 92.0 cm³/mol. The zero-order valence-electron chi connectivity index (χ0n) is 14.9. The van der Waals surface area contributed by atoms with Gasteiger partial charge in [0.1, 0.15) is 0 Å². The third-order valence-corrected chi connectivity index (χ3v) is 4.38. The Morgan fingerprint density at radius 1 is 1.40 bits per heavy atom. The van der Waals surface area contributed by atoms with Gasteiger partial charge in [-0.25, -0.2) is 0 Å². The first-order valence-corrected chi connectivity index (χ1v) is 8.57. The van der Waals surface area contributed by atoms with Gasteiger partial charge >= 0.3 is 0 Å². The van der Waals surface area contributed by atoms with Crippen molar-refractivity contribution in [1.82, 2.24) is 30.6 Å². The van der Waals surface area contributed by atoms with Crippen LogP contribution < -0.4 is 10.6 Å². The number of piperidine rings is 1. The second-order valence-corrected chi connectivity index (χ2v) is 6.54. The summed E-state index contributed by atoms with van der Waals surface area (Å²) in [5.41, 5.74) is 2.43. The van der Waals surface area contributed by atoms with Gasteiger partial charge in [-0.3, -0.25) is 14.8 Å². The summed E-state index contributed by atoms with van der Waals surface area (Å²) in [4.78, 5) is 18.7. The Balaban J connectivity index is 1.45. The monoisotopic (exact) mass is 347 g/mol. The maximum Gasteiger partial charge on any atom is 0.238 e. The van der Waals surface area contributed by atoms with Gasteiger partial charge in [0.15, 0.2) is 5.82 Å². The summed E-state index contributed by atoms with van der Waals surface area (Å²) >= 11 is 0. The van der Waals surface area contributed by atoms with Crippen molar-refractivity contribution in [3.8, 4) is 0 Å². The van der Waals surface area contributed by atoms with E-state index in [2.05, 4.69) is 35.9 Å². The number of nitrogens with zero attached hydrogens (tertiary/aromatic N) is 4. The van der Waals surface area contributed by atoms with Crippen LogP contribution in [-0.2, 0) is 11.3 Å². The van der Waals surface area contributed by atoms with Crippen LogP contribution in [0.1, 0.15) is 35.9 Å². The van der Waals surface area contributed by atoms with Gasteiger partial charge < -0.3 is 15.2 Å². The number of nitrogens with one attached hydrogen (secondary N) is 3. The SMILES string of the molecule is Cc1nc(CN2CCCC(NCC(=O)Nc3c(C)n[nH]c3C)C2)no1. The number of aryl methyl sites for hydroxylation is 3. The van der Waals surface area contributed by atoms with E-state index < -0.39 is 0 Å². The van der Waals surface area contributed by atoms with E-state index >= 15 is 0 Å². The molecule has 25 heavy (non-hydrogen) atoms. The lowest BCUT2D eigenvalue weighted by molar-refractivity contribution is -0.115. The van der Waals surface area contributed by atoms with Crippen molar-refractivity contribution in [3.63, 3.8) is 0 Å². The Morgan fingerprint density at radius 3 is 2.92 bits per heavy atom. The molecule has 0 saturated carbocycles. The first kappa shape index (κ1) is 17.6. The average Bonchev–Trinajstić information content (AvgIpc) is 3.13. The Morgan fingerprint density at radius 2 is 2.24 bits per heavy atom. The standard InChI is InChI=1S/C16H25N7O2/c1-10-16(11(2)21-20-10)19-15(24)7-17-13-5-4-6-23(8-13)9-14-18-12(3)25-22-14/h13,17H,4-9H2,1-3H3,(H,19,24)(H,20,21). The summed E-state index contributed by atoms with van der Waals surface area (Å²) in [6, 6.07) is 0.277. The second-order valence-electron chi connectivity index (χ2n) is 6.54. The number of carbonyl (C=O) groups excluding carboxylic acids is 1. The van der Waals surface area contributed by atoms with Crippen LogP contribution in [0.25, 0.3) is 0 Å². The van der Waals surface area contributed by atoms with Crippen LogP contribution in [0.15, 0.2) is 4.52 Å². The number of rotatable bonds is 6. The third kappa shape index (κ3) is 4.64. The summed E-state index contributed by atoms with van der Waals surface area (Å²) in [6.07, 6.45) is 2.13. The number of aromatic nitrogens is 4. The number of anilines is 1. The van der Waals surface area contributed by atoms with E-state index in [0.29, 0.717) is 18.3 Å². The summed E-state index contributed by atoms with van der Waals surface area (Å²) in [7, 11) is 0. The molecule has 3 N–H and O–H groups in total. The molecule has 2 aromatic rings. The lowest BCUT2D eigenvalue weighted by atomic mass is 10.1. The number of carbonyl (C=O) groups is 1. The second kappa shape index (κ2) is 7.75. The normalized spacial score (nSPS) is 18.4. The maximum atomic E-state index is 12.2. The molecule has 0 spiro atoms. The number of aromatic amines is 1. The fraction of sp³-hybridized carbons (Fsp3) is 0.625. The summed E-state index contributed by atoms with van der Waals surface area (Å²) in [5, 5.41) is 17.2. The molecule has 1 saturated heterocycles. The molecular weight excluding hydrogens is 322 g/mol. The highest BCUT2D eigenvalue weighted by Crippen LogP contribution is 2.16.